The number of hydrogen-bond acceptors (Lipinski definition) is 4. The predicted octanol–water partition coefficient (Wildman–Crippen LogP) is -0.00818. The van der Waals surface area contributed by atoms with E-state index in [0.717, 1.165) is 5.56 Å². The van der Waals surface area contributed by atoms with Gasteiger partial charge in [-0.05, 0) is 18.9 Å². The Hall–Kier alpha value is -1.49. The summed E-state index contributed by atoms with van der Waals surface area (Å²) in [7, 11) is 0. The van der Waals surface area contributed by atoms with Crippen molar-refractivity contribution in [3.8, 4) is 0 Å². The highest BCUT2D eigenvalue weighted by molar-refractivity contribution is 5.90. The fourth-order valence-corrected chi connectivity index (χ4v) is 1.57. The number of carbonyl (C=O) groups is 1. The van der Waals surface area contributed by atoms with Crippen LogP contribution in [0.1, 0.15) is 22.6 Å². The van der Waals surface area contributed by atoms with Gasteiger partial charge in [-0.3, -0.25) is 4.79 Å². The minimum Gasteiger partial charge on any atom is -0.391 e. The Balaban J connectivity index is 2.11. The lowest BCUT2D eigenvalue weighted by atomic mass is 10.3. The van der Waals surface area contributed by atoms with Crippen LogP contribution in [0.25, 0.3) is 0 Å². The number of aliphatic hydroxyl groups is 1. The molecule has 0 spiro atoms. The summed E-state index contributed by atoms with van der Waals surface area (Å²) < 4.78 is 0. The van der Waals surface area contributed by atoms with Crippen LogP contribution in [-0.4, -0.2) is 45.1 Å². The maximum absolute atomic E-state index is 11.8. The summed E-state index contributed by atoms with van der Waals surface area (Å²) in [5.41, 5.74) is 0.924. The van der Waals surface area contributed by atoms with Gasteiger partial charge in [0, 0.05) is 25.5 Å². The monoisotopic (exact) mass is 207 g/mol. The van der Waals surface area contributed by atoms with E-state index in [0.29, 0.717) is 19.5 Å². The van der Waals surface area contributed by atoms with Gasteiger partial charge in [0.05, 0.1) is 6.10 Å². The molecule has 0 aromatic carbocycles. The second kappa shape index (κ2) is 3.94. The van der Waals surface area contributed by atoms with Gasteiger partial charge in [-0.2, -0.15) is 0 Å². The summed E-state index contributed by atoms with van der Waals surface area (Å²) in [6, 6.07) is 0. The number of aromatic nitrogens is 2. The molecule has 1 amide bonds. The van der Waals surface area contributed by atoms with E-state index in [1.165, 1.54) is 0 Å². The van der Waals surface area contributed by atoms with Crippen LogP contribution in [0, 0.1) is 6.92 Å². The average molecular weight is 207 g/mol. The van der Waals surface area contributed by atoms with Crippen molar-refractivity contribution in [2.24, 2.45) is 0 Å². The summed E-state index contributed by atoms with van der Waals surface area (Å²) in [6.45, 7) is 2.83. The first-order valence-corrected chi connectivity index (χ1v) is 4.93. The van der Waals surface area contributed by atoms with Crippen LogP contribution in [0.15, 0.2) is 12.4 Å². The highest BCUT2D eigenvalue weighted by Crippen LogP contribution is 2.11. The van der Waals surface area contributed by atoms with Crippen LogP contribution in [0.3, 0.4) is 0 Å². The number of rotatable bonds is 1. The minimum atomic E-state index is -0.403. The normalized spacial score (nSPS) is 20.7. The third-order valence-electron chi connectivity index (χ3n) is 2.42. The van der Waals surface area contributed by atoms with Gasteiger partial charge in [-0.1, -0.05) is 0 Å². The zero-order chi connectivity index (χ0) is 10.8. The molecule has 0 radical (unpaired) electrons. The first-order valence-electron chi connectivity index (χ1n) is 4.93. The summed E-state index contributed by atoms with van der Waals surface area (Å²) in [4.78, 5) is 21.3. The molecule has 80 valence electrons. The van der Waals surface area contributed by atoms with Crippen molar-refractivity contribution in [1.29, 1.82) is 0 Å². The first kappa shape index (κ1) is 10.0. The fourth-order valence-electron chi connectivity index (χ4n) is 1.57. The molecule has 1 fully saturated rings. The highest BCUT2D eigenvalue weighted by atomic mass is 16.3. The molecule has 0 aliphatic carbocycles. The minimum absolute atomic E-state index is 0.202. The number of aryl methyl sites for hydroxylation is 1. The lowest BCUT2D eigenvalue weighted by Gasteiger charge is -2.13. The molecule has 1 atom stereocenters. The molecule has 2 heterocycles. The maximum Gasteiger partial charge on any atom is 0.291 e. The van der Waals surface area contributed by atoms with Gasteiger partial charge in [-0.15, -0.1) is 0 Å². The van der Waals surface area contributed by atoms with Crippen LogP contribution < -0.4 is 0 Å². The number of hydrogen-bond donors (Lipinski definition) is 1. The third kappa shape index (κ3) is 2.12. The predicted molar refractivity (Wildman–Crippen MR) is 53.3 cm³/mol. The number of nitrogens with zero attached hydrogens (tertiary/aromatic N) is 3. The Bertz CT molecular complexity index is 363. The van der Waals surface area contributed by atoms with E-state index < -0.39 is 6.10 Å². The Kier molecular flexibility index (Phi) is 2.64. The Morgan fingerprint density at radius 1 is 1.53 bits per heavy atom. The summed E-state index contributed by atoms with van der Waals surface area (Å²) in [5, 5.41) is 9.30. The lowest BCUT2D eigenvalue weighted by Crippen LogP contribution is -2.30. The van der Waals surface area contributed by atoms with Crippen molar-refractivity contribution in [1.82, 2.24) is 14.9 Å². The van der Waals surface area contributed by atoms with Crippen molar-refractivity contribution >= 4 is 5.91 Å². The van der Waals surface area contributed by atoms with Crippen molar-refractivity contribution in [3.63, 3.8) is 0 Å². The van der Waals surface area contributed by atoms with E-state index in [1.54, 1.807) is 17.3 Å². The zero-order valence-corrected chi connectivity index (χ0v) is 8.55. The van der Waals surface area contributed by atoms with Gasteiger partial charge >= 0.3 is 0 Å². The van der Waals surface area contributed by atoms with E-state index in [4.69, 9.17) is 0 Å². The van der Waals surface area contributed by atoms with E-state index in [9.17, 15) is 9.90 Å². The van der Waals surface area contributed by atoms with Crippen molar-refractivity contribution in [3.05, 3.63) is 23.8 Å². The number of β-amino-alcohol motifs (C(OH)–C–C–N with tert-alkyl or cyclic N) is 1. The number of amides is 1. The molecular weight excluding hydrogens is 194 g/mol. The van der Waals surface area contributed by atoms with Gasteiger partial charge in [0.2, 0.25) is 5.82 Å². The smallest absolute Gasteiger partial charge is 0.291 e. The molecule has 1 aliphatic heterocycles. The molecule has 0 unspecified atom stereocenters. The maximum atomic E-state index is 11.8. The molecule has 0 saturated carbocycles. The van der Waals surface area contributed by atoms with Crippen LogP contribution in [0.5, 0.6) is 0 Å². The average Bonchev–Trinajstić information content (AvgIpc) is 2.65. The van der Waals surface area contributed by atoms with Gasteiger partial charge < -0.3 is 10.0 Å². The van der Waals surface area contributed by atoms with Gasteiger partial charge in [-0.25, -0.2) is 9.97 Å². The summed E-state index contributed by atoms with van der Waals surface area (Å²) in [6.07, 6.45) is 3.47. The Labute approximate surface area is 87.8 Å². The lowest BCUT2D eigenvalue weighted by molar-refractivity contribution is 0.0753. The van der Waals surface area contributed by atoms with Gasteiger partial charge in [0.25, 0.3) is 5.91 Å². The molecular formula is C10H13N3O2. The molecule has 1 aliphatic rings. The molecule has 5 nitrogen and oxygen atoms in total. The van der Waals surface area contributed by atoms with Crippen molar-refractivity contribution in [2.45, 2.75) is 19.4 Å². The van der Waals surface area contributed by atoms with Gasteiger partial charge in [0.15, 0.2) is 0 Å². The largest absolute Gasteiger partial charge is 0.391 e. The SMILES string of the molecule is Cc1cnc(C(=O)N2CC[C@@H](O)C2)nc1. The van der Waals surface area contributed by atoms with Crippen molar-refractivity contribution in [2.75, 3.05) is 13.1 Å². The second-order valence-corrected chi connectivity index (χ2v) is 3.78. The van der Waals surface area contributed by atoms with Gasteiger partial charge in [0.1, 0.15) is 0 Å². The summed E-state index contributed by atoms with van der Waals surface area (Å²) in [5.74, 6) is 0.00116. The van der Waals surface area contributed by atoms with Crippen LogP contribution >= 0.6 is 0 Å². The fraction of sp³-hybridized carbons (Fsp3) is 0.500. The number of aliphatic hydroxyl groups excluding tert-OH is 1. The zero-order valence-electron chi connectivity index (χ0n) is 8.55. The Morgan fingerprint density at radius 2 is 2.20 bits per heavy atom. The summed E-state index contributed by atoms with van der Waals surface area (Å²) >= 11 is 0. The second-order valence-electron chi connectivity index (χ2n) is 3.78. The number of carbonyl (C=O) groups excluding carboxylic acids is 1. The molecule has 0 bridgehead atoms. The van der Waals surface area contributed by atoms with Crippen LogP contribution in [0.2, 0.25) is 0 Å². The molecule has 1 N–H and O–H groups in total. The van der Waals surface area contributed by atoms with Crippen LogP contribution in [0.4, 0.5) is 0 Å². The third-order valence-corrected chi connectivity index (χ3v) is 2.42. The first-order chi connectivity index (χ1) is 7.16. The van der Waals surface area contributed by atoms with E-state index in [2.05, 4.69) is 9.97 Å². The number of likely N-dealkylation sites (tertiary alicyclic amines) is 1. The Morgan fingerprint density at radius 3 is 2.73 bits per heavy atom. The molecule has 1 saturated heterocycles. The van der Waals surface area contributed by atoms with E-state index in [-0.39, 0.29) is 11.7 Å². The standard InChI is InChI=1S/C10H13N3O2/c1-7-4-11-9(12-5-7)10(15)13-3-2-8(14)6-13/h4-5,8,14H,2-3,6H2,1H3/t8-/m1/s1. The molecule has 1 aromatic rings. The molecule has 5 heteroatoms. The van der Waals surface area contributed by atoms with E-state index in [1.807, 2.05) is 6.92 Å². The molecule has 2 rings (SSSR count). The molecule has 1 aromatic heterocycles. The quantitative estimate of drug-likeness (QED) is 0.703. The van der Waals surface area contributed by atoms with E-state index >= 15 is 0 Å². The molecule has 15 heavy (non-hydrogen) atoms. The topological polar surface area (TPSA) is 66.3 Å². The van der Waals surface area contributed by atoms with Crippen molar-refractivity contribution < 1.29 is 9.90 Å². The highest BCUT2D eigenvalue weighted by Gasteiger charge is 2.26. The van der Waals surface area contributed by atoms with Crippen LogP contribution in [-0.2, 0) is 0 Å².